The summed E-state index contributed by atoms with van der Waals surface area (Å²) in [4.78, 5) is 9.84. The molecule has 0 radical (unpaired) electrons. The highest BCUT2D eigenvalue weighted by atomic mass is 19.4. The molecular weight excluding hydrogens is 270 g/mol. The third-order valence-corrected chi connectivity index (χ3v) is 1.55. The lowest BCUT2D eigenvalue weighted by molar-refractivity contribution is -0.343. The molecule has 3 nitrogen and oxygen atoms in total. The summed E-state index contributed by atoms with van der Waals surface area (Å²) in [6.45, 7) is -2.54. The lowest BCUT2D eigenvalue weighted by Gasteiger charge is -2.31. The Morgan fingerprint density at radius 3 is 1.82 bits per heavy atom. The Bertz CT molecular complexity index is 292. The van der Waals surface area contributed by atoms with Crippen LogP contribution in [0, 0.1) is 0 Å². The van der Waals surface area contributed by atoms with Crippen LogP contribution in [0.5, 0.6) is 0 Å². The minimum absolute atomic E-state index is 1.94. The summed E-state index contributed by atoms with van der Waals surface area (Å²) in [5.41, 5.74) is 4.14. The van der Waals surface area contributed by atoms with Gasteiger partial charge in [0.15, 0.2) is 6.61 Å². The van der Waals surface area contributed by atoms with E-state index < -0.39 is 36.9 Å². The van der Waals surface area contributed by atoms with Gasteiger partial charge < -0.3 is 10.5 Å². The number of hydrogen-bond acceptors (Lipinski definition) is 2. The van der Waals surface area contributed by atoms with Crippen molar-refractivity contribution in [3.8, 4) is 0 Å². The number of carbonyl (C=O) groups excluding carboxylic acids is 1. The van der Waals surface area contributed by atoms with Crippen molar-refractivity contribution in [1.29, 1.82) is 0 Å². The first-order valence-corrected chi connectivity index (χ1v) is 3.70. The van der Waals surface area contributed by atoms with Crippen molar-refractivity contribution in [3.63, 3.8) is 0 Å². The van der Waals surface area contributed by atoms with E-state index in [-0.39, 0.29) is 0 Å². The quantitative estimate of drug-likeness (QED) is 0.782. The van der Waals surface area contributed by atoms with Gasteiger partial charge in [-0.15, -0.1) is 0 Å². The summed E-state index contributed by atoms with van der Waals surface area (Å²) in [7, 11) is 0. The number of hydrogen-bond donors (Lipinski definition) is 1. The molecule has 17 heavy (non-hydrogen) atoms. The van der Waals surface area contributed by atoms with Crippen molar-refractivity contribution >= 4 is 6.09 Å². The molecule has 0 aromatic rings. The molecule has 0 spiro atoms. The maximum atomic E-state index is 12.5. The summed E-state index contributed by atoms with van der Waals surface area (Å²) < 4.78 is 101. The van der Waals surface area contributed by atoms with E-state index in [2.05, 4.69) is 10.5 Å². The molecule has 102 valence electrons. The molecule has 0 aliphatic heterocycles. The second kappa shape index (κ2) is 4.53. The van der Waals surface area contributed by atoms with E-state index >= 15 is 0 Å². The number of amides is 1. The van der Waals surface area contributed by atoms with E-state index in [4.69, 9.17) is 0 Å². The standard InChI is InChI=1S/C6H5F8NO2/c7-2(8)5(11,12)6(13,14)4(9,10)1-17-3(15)16/h2H,1H2,(H2,15,16). The predicted molar refractivity (Wildman–Crippen MR) is 36.4 cm³/mol. The molecule has 0 bridgehead atoms. The first-order chi connectivity index (χ1) is 7.36. The monoisotopic (exact) mass is 275 g/mol. The number of primary amides is 1. The van der Waals surface area contributed by atoms with Crippen LogP contribution in [0.2, 0.25) is 0 Å². The number of alkyl halides is 8. The van der Waals surface area contributed by atoms with Crippen LogP contribution >= 0.6 is 0 Å². The van der Waals surface area contributed by atoms with Gasteiger partial charge in [0.2, 0.25) is 0 Å². The van der Waals surface area contributed by atoms with Crippen LogP contribution in [0.4, 0.5) is 39.9 Å². The average Bonchev–Trinajstić information content (AvgIpc) is 2.14. The third-order valence-electron chi connectivity index (χ3n) is 1.55. The van der Waals surface area contributed by atoms with Crippen molar-refractivity contribution < 1.29 is 44.7 Å². The van der Waals surface area contributed by atoms with Crippen LogP contribution in [0.3, 0.4) is 0 Å². The van der Waals surface area contributed by atoms with Gasteiger partial charge in [0.1, 0.15) is 0 Å². The second-order valence-electron chi connectivity index (χ2n) is 2.81. The highest BCUT2D eigenvalue weighted by Crippen LogP contribution is 2.48. The van der Waals surface area contributed by atoms with Crippen molar-refractivity contribution in [2.45, 2.75) is 24.2 Å². The van der Waals surface area contributed by atoms with Crippen molar-refractivity contribution in [1.82, 2.24) is 0 Å². The predicted octanol–water partition coefficient (Wildman–Crippen LogP) is 2.25. The Kier molecular flexibility index (Phi) is 4.18. The highest BCUT2D eigenvalue weighted by Gasteiger charge is 2.75. The summed E-state index contributed by atoms with van der Waals surface area (Å²) in [6.07, 6.45) is -6.96. The van der Waals surface area contributed by atoms with E-state index in [0.717, 1.165) is 0 Å². The van der Waals surface area contributed by atoms with Crippen LogP contribution in [-0.2, 0) is 4.74 Å². The molecule has 0 rings (SSSR count). The molecule has 0 unspecified atom stereocenters. The molecule has 0 saturated carbocycles. The molecule has 0 aromatic heterocycles. The number of ether oxygens (including phenoxy) is 1. The highest BCUT2D eigenvalue weighted by molar-refractivity contribution is 5.64. The second-order valence-corrected chi connectivity index (χ2v) is 2.81. The van der Waals surface area contributed by atoms with E-state index in [1.54, 1.807) is 0 Å². The van der Waals surface area contributed by atoms with Gasteiger partial charge in [0, 0.05) is 0 Å². The molecule has 0 aliphatic carbocycles. The minimum Gasteiger partial charge on any atom is -0.443 e. The molecule has 0 aromatic carbocycles. The Labute approximate surface area is 88.5 Å². The fourth-order valence-corrected chi connectivity index (χ4v) is 0.633. The van der Waals surface area contributed by atoms with Gasteiger partial charge in [-0.25, -0.2) is 13.6 Å². The van der Waals surface area contributed by atoms with Crippen LogP contribution in [0.25, 0.3) is 0 Å². The largest absolute Gasteiger partial charge is 0.443 e. The summed E-state index contributed by atoms with van der Waals surface area (Å²) in [5.74, 6) is -18.4. The molecular formula is C6H5F8NO2. The molecule has 11 heteroatoms. The molecule has 0 fully saturated rings. The zero-order valence-corrected chi connectivity index (χ0v) is 7.70. The van der Waals surface area contributed by atoms with Crippen LogP contribution < -0.4 is 5.73 Å². The zero-order chi connectivity index (χ0) is 14.1. The third kappa shape index (κ3) is 2.88. The van der Waals surface area contributed by atoms with Gasteiger partial charge in [-0.1, -0.05) is 0 Å². The first kappa shape index (κ1) is 15.7. The van der Waals surface area contributed by atoms with Gasteiger partial charge in [0.05, 0.1) is 0 Å². The number of halogens is 8. The Balaban J connectivity index is 5.08. The summed E-state index contributed by atoms with van der Waals surface area (Å²) >= 11 is 0. The number of rotatable bonds is 5. The Morgan fingerprint density at radius 2 is 1.53 bits per heavy atom. The van der Waals surface area contributed by atoms with E-state index in [0.29, 0.717) is 0 Å². The lowest BCUT2D eigenvalue weighted by atomic mass is 10.1. The fraction of sp³-hybridized carbons (Fsp3) is 0.833. The maximum absolute atomic E-state index is 12.5. The van der Waals surface area contributed by atoms with E-state index in [1.807, 2.05) is 0 Å². The van der Waals surface area contributed by atoms with Crippen molar-refractivity contribution in [2.24, 2.45) is 5.73 Å². The van der Waals surface area contributed by atoms with Crippen molar-refractivity contribution in [2.75, 3.05) is 6.61 Å². The lowest BCUT2D eigenvalue weighted by Crippen LogP contribution is -2.59. The van der Waals surface area contributed by atoms with Gasteiger partial charge in [-0.3, -0.25) is 0 Å². The van der Waals surface area contributed by atoms with Crippen LogP contribution in [-0.4, -0.2) is 36.9 Å². The Morgan fingerprint density at radius 1 is 1.12 bits per heavy atom. The molecule has 0 saturated heterocycles. The summed E-state index contributed by atoms with van der Waals surface area (Å²) in [5, 5.41) is 0. The van der Waals surface area contributed by atoms with Crippen LogP contribution in [0.1, 0.15) is 0 Å². The number of nitrogens with two attached hydrogens (primary N) is 1. The van der Waals surface area contributed by atoms with Crippen molar-refractivity contribution in [3.05, 3.63) is 0 Å². The van der Waals surface area contributed by atoms with E-state index in [1.165, 1.54) is 0 Å². The van der Waals surface area contributed by atoms with Gasteiger partial charge in [-0.2, -0.15) is 26.3 Å². The van der Waals surface area contributed by atoms with Gasteiger partial charge in [0.25, 0.3) is 0 Å². The van der Waals surface area contributed by atoms with Gasteiger partial charge in [-0.05, 0) is 0 Å². The molecule has 2 N–H and O–H groups in total. The fourth-order valence-electron chi connectivity index (χ4n) is 0.633. The van der Waals surface area contributed by atoms with E-state index in [9.17, 15) is 39.9 Å². The normalized spacial score (nSPS) is 13.9. The zero-order valence-electron chi connectivity index (χ0n) is 7.70. The smallest absolute Gasteiger partial charge is 0.404 e. The molecule has 0 aliphatic rings. The van der Waals surface area contributed by atoms with Gasteiger partial charge >= 0.3 is 30.3 Å². The van der Waals surface area contributed by atoms with Crippen LogP contribution in [0.15, 0.2) is 0 Å². The molecule has 1 amide bonds. The minimum atomic E-state index is -6.40. The Hall–Kier alpha value is -1.29. The maximum Gasteiger partial charge on any atom is 0.404 e. The average molecular weight is 275 g/mol. The summed E-state index contributed by atoms with van der Waals surface area (Å²) in [6, 6.07) is 0. The first-order valence-electron chi connectivity index (χ1n) is 3.70. The molecule has 0 atom stereocenters. The SMILES string of the molecule is NC(=O)OCC(F)(F)C(F)(F)C(F)(F)C(F)F. The molecule has 0 heterocycles. The number of carbonyl (C=O) groups is 1. The topological polar surface area (TPSA) is 52.3 Å².